The molecule has 94 valence electrons. The van der Waals surface area contributed by atoms with Gasteiger partial charge in [0.1, 0.15) is 11.9 Å². The number of carbonyl (C=O) groups is 1. The summed E-state index contributed by atoms with van der Waals surface area (Å²) in [6.45, 7) is 5.30. The number of halogens is 1. The maximum Gasteiger partial charge on any atom is 0.272 e. The fourth-order valence-corrected chi connectivity index (χ4v) is 1.60. The van der Waals surface area contributed by atoms with Gasteiger partial charge in [0.25, 0.3) is 5.91 Å². The number of rotatable bonds is 5. The number of aryl methyl sites for hydroxylation is 1. The summed E-state index contributed by atoms with van der Waals surface area (Å²) in [6, 6.07) is -0.464. The molecule has 1 amide bonds. The normalized spacial score (nSPS) is 14.1. The van der Waals surface area contributed by atoms with Crippen LogP contribution in [0.4, 0.5) is 4.39 Å². The minimum Gasteiger partial charge on any atom is -0.345 e. The van der Waals surface area contributed by atoms with Crippen molar-refractivity contribution in [3.05, 3.63) is 23.8 Å². The zero-order chi connectivity index (χ0) is 12.8. The molecule has 1 heterocycles. The number of nitrogens with zero attached hydrogens (tertiary/aromatic N) is 2. The molecule has 17 heavy (non-hydrogen) atoms. The van der Waals surface area contributed by atoms with E-state index in [0.717, 1.165) is 0 Å². The molecule has 0 saturated carbocycles. The first kappa shape index (κ1) is 13.5. The van der Waals surface area contributed by atoms with E-state index in [1.165, 1.54) is 12.4 Å². The molecule has 1 aromatic heterocycles. The molecule has 0 bridgehead atoms. The van der Waals surface area contributed by atoms with E-state index >= 15 is 0 Å². The number of carbonyl (C=O) groups excluding carboxylic acids is 1. The Morgan fingerprint density at radius 2 is 2.00 bits per heavy atom. The summed E-state index contributed by atoms with van der Waals surface area (Å²) in [4.78, 5) is 19.8. The summed E-state index contributed by atoms with van der Waals surface area (Å²) < 4.78 is 13.5. The Hall–Kier alpha value is -1.52. The number of hydrogen-bond donors (Lipinski definition) is 1. The van der Waals surface area contributed by atoms with Crippen molar-refractivity contribution in [2.75, 3.05) is 0 Å². The Morgan fingerprint density at radius 3 is 2.53 bits per heavy atom. The maximum atomic E-state index is 13.5. The van der Waals surface area contributed by atoms with Crippen molar-refractivity contribution in [3.63, 3.8) is 0 Å². The van der Waals surface area contributed by atoms with Crippen LogP contribution in [0.15, 0.2) is 12.4 Å². The molecule has 1 rings (SSSR count). The van der Waals surface area contributed by atoms with E-state index < -0.39 is 12.2 Å². The van der Waals surface area contributed by atoms with Crippen LogP contribution >= 0.6 is 0 Å². The second-order valence-corrected chi connectivity index (χ2v) is 3.90. The molecule has 5 heteroatoms. The summed E-state index contributed by atoms with van der Waals surface area (Å²) in [7, 11) is 0. The van der Waals surface area contributed by atoms with E-state index in [1.54, 1.807) is 13.8 Å². The molecular weight excluding hydrogens is 221 g/mol. The minimum atomic E-state index is -1.03. The molecule has 0 aliphatic rings. The molecule has 0 fully saturated rings. The number of hydrogen-bond acceptors (Lipinski definition) is 3. The highest BCUT2D eigenvalue weighted by Crippen LogP contribution is 2.09. The Morgan fingerprint density at radius 1 is 1.35 bits per heavy atom. The molecule has 0 spiro atoms. The largest absolute Gasteiger partial charge is 0.345 e. The zero-order valence-corrected chi connectivity index (χ0v) is 10.4. The average molecular weight is 239 g/mol. The summed E-state index contributed by atoms with van der Waals surface area (Å²) in [6.07, 6.45) is 2.89. The van der Waals surface area contributed by atoms with Crippen LogP contribution in [-0.4, -0.2) is 28.1 Å². The summed E-state index contributed by atoms with van der Waals surface area (Å²) in [5, 5.41) is 2.66. The van der Waals surface area contributed by atoms with Gasteiger partial charge in [0.05, 0.1) is 11.7 Å². The summed E-state index contributed by atoms with van der Waals surface area (Å²) >= 11 is 0. The van der Waals surface area contributed by atoms with Crippen molar-refractivity contribution >= 4 is 5.91 Å². The Labute approximate surface area is 101 Å². The number of alkyl halides is 1. The monoisotopic (exact) mass is 239 g/mol. The molecular formula is C12H18FN3O. The van der Waals surface area contributed by atoms with Crippen molar-refractivity contribution in [1.82, 2.24) is 15.3 Å². The molecule has 0 aliphatic heterocycles. The van der Waals surface area contributed by atoms with Gasteiger partial charge >= 0.3 is 0 Å². The predicted molar refractivity (Wildman–Crippen MR) is 63.5 cm³/mol. The second-order valence-electron chi connectivity index (χ2n) is 3.90. The highest BCUT2D eigenvalue weighted by Gasteiger charge is 2.21. The minimum absolute atomic E-state index is 0.259. The number of amides is 1. The molecule has 0 saturated heterocycles. The van der Waals surface area contributed by atoms with E-state index in [9.17, 15) is 9.18 Å². The van der Waals surface area contributed by atoms with Gasteiger partial charge in [-0.2, -0.15) is 0 Å². The third-order valence-electron chi connectivity index (χ3n) is 2.68. The van der Waals surface area contributed by atoms with Gasteiger partial charge in [0.15, 0.2) is 0 Å². The third-order valence-corrected chi connectivity index (χ3v) is 2.68. The van der Waals surface area contributed by atoms with Gasteiger partial charge in [0, 0.05) is 12.4 Å². The maximum absolute atomic E-state index is 13.5. The van der Waals surface area contributed by atoms with Gasteiger partial charge in [-0.05, 0) is 19.8 Å². The second kappa shape index (κ2) is 6.27. The molecule has 0 aromatic carbocycles. The lowest BCUT2D eigenvalue weighted by atomic mass is 10.1. The highest BCUT2D eigenvalue weighted by atomic mass is 19.1. The third kappa shape index (κ3) is 3.47. The van der Waals surface area contributed by atoms with Crippen LogP contribution in [0, 0.1) is 6.92 Å². The van der Waals surface area contributed by atoms with Crippen LogP contribution in [0.2, 0.25) is 0 Å². The van der Waals surface area contributed by atoms with Crippen LogP contribution < -0.4 is 5.32 Å². The number of aromatic nitrogens is 2. The average Bonchev–Trinajstić information content (AvgIpc) is 2.35. The molecule has 1 N–H and O–H groups in total. The van der Waals surface area contributed by atoms with Crippen LogP contribution in [0.3, 0.4) is 0 Å². The standard InChI is InChI=1S/C12H18FN3O/c1-4-9(13)10(5-2)16-12(17)11-8(3)14-6-7-15-11/h6-7,9-10H,4-5H2,1-3H3,(H,16,17). The SMILES string of the molecule is CCC(F)C(CC)NC(=O)c1nccnc1C. The predicted octanol–water partition coefficient (Wildman–Crippen LogP) is 2.04. The van der Waals surface area contributed by atoms with Crippen molar-refractivity contribution in [2.45, 2.75) is 45.8 Å². The van der Waals surface area contributed by atoms with Gasteiger partial charge in [-0.3, -0.25) is 9.78 Å². The topological polar surface area (TPSA) is 54.9 Å². The van der Waals surface area contributed by atoms with Crippen LogP contribution in [0.5, 0.6) is 0 Å². The summed E-state index contributed by atoms with van der Waals surface area (Å²) in [5.74, 6) is -0.362. The first-order valence-corrected chi connectivity index (χ1v) is 5.82. The highest BCUT2D eigenvalue weighted by molar-refractivity contribution is 5.93. The fourth-order valence-electron chi connectivity index (χ4n) is 1.60. The van der Waals surface area contributed by atoms with Crippen molar-refractivity contribution in [1.29, 1.82) is 0 Å². The van der Waals surface area contributed by atoms with Gasteiger partial charge in [0.2, 0.25) is 0 Å². The van der Waals surface area contributed by atoms with Gasteiger partial charge in [-0.25, -0.2) is 9.37 Å². The van der Waals surface area contributed by atoms with E-state index in [1.807, 2.05) is 6.92 Å². The smallest absolute Gasteiger partial charge is 0.272 e. The van der Waals surface area contributed by atoms with Gasteiger partial charge in [-0.1, -0.05) is 13.8 Å². The zero-order valence-electron chi connectivity index (χ0n) is 10.4. The molecule has 2 unspecified atom stereocenters. The molecule has 1 aromatic rings. The van der Waals surface area contributed by atoms with E-state index in [4.69, 9.17) is 0 Å². The van der Waals surface area contributed by atoms with E-state index in [-0.39, 0.29) is 11.6 Å². The van der Waals surface area contributed by atoms with E-state index in [2.05, 4.69) is 15.3 Å². The lowest BCUT2D eigenvalue weighted by molar-refractivity contribution is 0.0899. The van der Waals surface area contributed by atoms with Crippen LogP contribution in [-0.2, 0) is 0 Å². The first-order chi connectivity index (χ1) is 8.10. The lowest BCUT2D eigenvalue weighted by Gasteiger charge is -2.20. The fraction of sp³-hybridized carbons (Fsp3) is 0.583. The molecule has 2 atom stereocenters. The number of nitrogens with one attached hydrogen (secondary N) is 1. The molecule has 4 nitrogen and oxygen atoms in total. The quantitative estimate of drug-likeness (QED) is 0.855. The first-order valence-electron chi connectivity index (χ1n) is 5.82. The Balaban J connectivity index is 2.75. The molecule has 0 aliphatic carbocycles. The van der Waals surface area contributed by atoms with Crippen molar-refractivity contribution < 1.29 is 9.18 Å². The van der Waals surface area contributed by atoms with Crippen molar-refractivity contribution in [2.24, 2.45) is 0 Å². The summed E-state index contributed by atoms with van der Waals surface area (Å²) in [5.41, 5.74) is 0.806. The van der Waals surface area contributed by atoms with Crippen LogP contribution in [0.25, 0.3) is 0 Å². The van der Waals surface area contributed by atoms with Gasteiger partial charge in [-0.15, -0.1) is 0 Å². The Kier molecular flexibility index (Phi) is 5.00. The molecule has 0 radical (unpaired) electrons. The van der Waals surface area contributed by atoms with E-state index in [0.29, 0.717) is 18.5 Å². The lowest BCUT2D eigenvalue weighted by Crippen LogP contribution is -2.41. The van der Waals surface area contributed by atoms with Crippen molar-refractivity contribution in [3.8, 4) is 0 Å². The van der Waals surface area contributed by atoms with Gasteiger partial charge < -0.3 is 5.32 Å². The van der Waals surface area contributed by atoms with Crippen LogP contribution in [0.1, 0.15) is 42.9 Å². The Bertz CT molecular complexity index is 384.